The van der Waals surface area contributed by atoms with Gasteiger partial charge in [0, 0.05) is 20.6 Å². The van der Waals surface area contributed by atoms with Gasteiger partial charge < -0.3 is 0 Å². The summed E-state index contributed by atoms with van der Waals surface area (Å²) in [4.78, 5) is 0. The summed E-state index contributed by atoms with van der Waals surface area (Å²) in [5.41, 5.74) is 6.19. The van der Waals surface area contributed by atoms with Crippen molar-refractivity contribution in [2.24, 2.45) is 0 Å². The summed E-state index contributed by atoms with van der Waals surface area (Å²) in [5, 5.41) is 2.02. The first-order valence-electron chi connectivity index (χ1n) is 6.47. The second kappa shape index (κ2) is 12.0. The maximum absolute atomic E-state index is 3.09. The van der Waals surface area contributed by atoms with E-state index < -0.39 is 0 Å². The van der Waals surface area contributed by atoms with Gasteiger partial charge >= 0.3 is 0 Å². The minimum Gasteiger partial charge on any atom is -0.245 e. The molecule has 0 fully saturated rings. The van der Waals surface area contributed by atoms with Crippen LogP contribution < -0.4 is 10.9 Å². The van der Waals surface area contributed by atoms with E-state index in [-0.39, 0.29) is 0 Å². The van der Waals surface area contributed by atoms with Crippen molar-refractivity contribution in [1.82, 2.24) is 16.0 Å². The summed E-state index contributed by atoms with van der Waals surface area (Å²) in [6.07, 6.45) is 11.0. The lowest BCUT2D eigenvalue weighted by Crippen LogP contribution is -2.44. The molecule has 0 aromatic carbocycles. The summed E-state index contributed by atoms with van der Waals surface area (Å²) < 4.78 is 0. The fourth-order valence-corrected chi connectivity index (χ4v) is 1.74. The van der Waals surface area contributed by atoms with Gasteiger partial charge in [-0.1, -0.05) is 51.9 Å². The van der Waals surface area contributed by atoms with Crippen LogP contribution in [-0.2, 0) is 0 Å². The largest absolute Gasteiger partial charge is 0.245 e. The Kier molecular flexibility index (Phi) is 11.9. The van der Waals surface area contributed by atoms with Crippen LogP contribution in [0.5, 0.6) is 0 Å². The van der Waals surface area contributed by atoms with Crippen LogP contribution in [0.3, 0.4) is 0 Å². The van der Waals surface area contributed by atoms with Gasteiger partial charge in [-0.3, -0.25) is 0 Å². The number of nitrogens with zero attached hydrogens (tertiary/aromatic N) is 1. The highest BCUT2D eigenvalue weighted by Gasteiger charge is 1.97. The van der Waals surface area contributed by atoms with Crippen LogP contribution in [0.2, 0.25) is 0 Å². The predicted octanol–water partition coefficient (Wildman–Crippen LogP) is 2.70. The van der Waals surface area contributed by atoms with Crippen LogP contribution in [0.1, 0.15) is 58.3 Å². The van der Waals surface area contributed by atoms with Gasteiger partial charge in [-0.05, 0) is 6.42 Å². The van der Waals surface area contributed by atoms with Crippen molar-refractivity contribution < 1.29 is 0 Å². The van der Waals surface area contributed by atoms with Crippen molar-refractivity contribution in [3.8, 4) is 0 Å². The second-order valence-electron chi connectivity index (χ2n) is 4.07. The first-order chi connectivity index (χ1) is 7.35. The summed E-state index contributed by atoms with van der Waals surface area (Å²) >= 11 is 0. The van der Waals surface area contributed by atoms with Gasteiger partial charge in [0.15, 0.2) is 0 Å². The highest BCUT2D eigenvalue weighted by atomic mass is 15.7. The number of unbranched alkanes of at least 4 members (excludes halogenated alkanes) is 7. The van der Waals surface area contributed by atoms with Crippen LogP contribution in [-0.4, -0.2) is 25.8 Å². The van der Waals surface area contributed by atoms with Gasteiger partial charge in [-0.2, -0.15) is 5.12 Å². The van der Waals surface area contributed by atoms with Crippen LogP contribution in [0.25, 0.3) is 0 Å². The minimum absolute atomic E-state index is 1.09. The van der Waals surface area contributed by atoms with E-state index in [2.05, 4.69) is 17.8 Å². The molecule has 0 saturated carbocycles. The molecule has 0 atom stereocenters. The van der Waals surface area contributed by atoms with E-state index >= 15 is 0 Å². The molecule has 0 aliphatic heterocycles. The fourth-order valence-electron chi connectivity index (χ4n) is 1.74. The van der Waals surface area contributed by atoms with Gasteiger partial charge in [-0.25, -0.2) is 10.9 Å². The van der Waals surface area contributed by atoms with Gasteiger partial charge in [0.2, 0.25) is 0 Å². The lowest BCUT2D eigenvalue weighted by Gasteiger charge is -2.18. The Morgan fingerprint density at radius 2 is 1.20 bits per heavy atom. The number of hydrogen-bond donors (Lipinski definition) is 2. The van der Waals surface area contributed by atoms with Crippen LogP contribution >= 0.6 is 0 Å². The van der Waals surface area contributed by atoms with E-state index in [4.69, 9.17) is 0 Å². The molecule has 0 aliphatic carbocycles. The number of hydrazine groups is 2. The monoisotopic (exact) mass is 215 g/mol. The molecule has 0 amide bonds. The zero-order chi connectivity index (χ0) is 11.4. The molecule has 0 heterocycles. The molecule has 92 valence electrons. The third kappa shape index (κ3) is 10.2. The van der Waals surface area contributed by atoms with Crippen molar-refractivity contribution >= 4 is 0 Å². The normalized spacial score (nSPS) is 11.2. The van der Waals surface area contributed by atoms with E-state index in [1.54, 1.807) is 0 Å². The van der Waals surface area contributed by atoms with E-state index in [0.29, 0.717) is 0 Å². The number of hydrogen-bond acceptors (Lipinski definition) is 3. The maximum Gasteiger partial charge on any atom is 0.0288 e. The molecule has 0 aromatic rings. The van der Waals surface area contributed by atoms with Crippen molar-refractivity contribution in [3.63, 3.8) is 0 Å². The third-order valence-electron chi connectivity index (χ3n) is 2.78. The fraction of sp³-hybridized carbons (Fsp3) is 1.00. The predicted molar refractivity (Wildman–Crippen MR) is 67.4 cm³/mol. The molecule has 3 nitrogen and oxygen atoms in total. The highest BCUT2D eigenvalue weighted by Crippen LogP contribution is 2.08. The van der Waals surface area contributed by atoms with Crippen LogP contribution in [0.15, 0.2) is 0 Å². The summed E-state index contributed by atoms with van der Waals surface area (Å²) in [7, 11) is 3.89. The smallest absolute Gasteiger partial charge is 0.0288 e. The molecular weight excluding hydrogens is 186 g/mol. The van der Waals surface area contributed by atoms with Crippen LogP contribution in [0, 0.1) is 0 Å². The lowest BCUT2D eigenvalue weighted by atomic mass is 10.1. The van der Waals surface area contributed by atoms with Gasteiger partial charge in [0.1, 0.15) is 0 Å². The highest BCUT2D eigenvalue weighted by molar-refractivity contribution is 4.48. The molecule has 0 saturated heterocycles. The van der Waals surface area contributed by atoms with Crippen molar-refractivity contribution in [1.29, 1.82) is 0 Å². The summed E-state index contributed by atoms with van der Waals surface area (Å²) in [5.74, 6) is 0. The average Bonchev–Trinajstić information content (AvgIpc) is 2.27. The quantitative estimate of drug-likeness (QED) is 0.410. The molecule has 3 heteroatoms. The number of nitrogens with one attached hydrogen (secondary N) is 2. The molecule has 0 aliphatic rings. The molecule has 0 spiro atoms. The molecule has 15 heavy (non-hydrogen) atoms. The molecule has 0 aromatic heterocycles. The first kappa shape index (κ1) is 14.9. The Balaban J connectivity index is 3.04. The Bertz CT molecular complexity index is 113. The molecule has 0 bridgehead atoms. The summed E-state index contributed by atoms with van der Waals surface area (Å²) in [6.45, 7) is 3.35. The van der Waals surface area contributed by atoms with Gasteiger partial charge in [0.25, 0.3) is 0 Å². The Hall–Kier alpha value is -0.120. The topological polar surface area (TPSA) is 27.3 Å². The van der Waals surface area contributed by atoms with E-state index in [1.165, 1.54) is 51.4 Å². The maximum atomic E-state index is 3.09. The van der Waals surface area contributed by atoms with E-state index in [0.717, 1.165) is 6.54 Å². The lowest BCUT2D eigenvalue weighted by molar-refractivity contribution is 0.142. The molecule has 0 radical (unpaired) electrons. The van der Waals surface area contributed by atoms with Gasteiger partial charge in [-0.15, -0.1) is 0 Å². The van der Waals surface area contributed by atoms with E-state index in [1.807, 2.05) is 19.2 Å². The molecule has 0 rings (SSSR count). The SMILES string of the molecule is CCCCCCCCCCN(NC)NC. The van der Waals surface area contributed by atoms with E-state index in [9.17, 15) is 0 Å². The van der Waals surface area contributed by atoms with Gasteiger partial charge in [0.05, 0.1) is 0 Å². The Morgan fingerprint density at radius 1 is 0.733 bits per heavy atom. The second-order valence-corrected chi connectivity index (χ2v) is 4.07. The molecule has 0 unspecified atom stereocenters. The average molecular weight is 215 g/mol. The zero-order valence-electron chi connectivity index (χ0n) is 10.8. The van der Waals surface area contributed by atoms with Crippen molar-refractivity contribution in [2.45, 2.75) is 58.3 Å². The Morgan fingerprint density at radius 3 is 1.67 bits per heavy atom. The van der Waals surface area contributed by atoms with Crippen molar-refractivity contribution in [2.75, 3.05) is 20.6 Å². The molecular formula is C12H29N3. The zero-order valence-corrected chi connectivity index (χ0v) is 10.8. The summed E-state index contributed by atoms with van der Waals surface area (Å²) in [6, 6.07) is 0. The molecule has 2 N–H and O–H groups in total. The Labute approximate surface area is 95.6 Å². The third-order valence-corrected chi connectivity index (χ3v) is 2.78. The standard InChI is InChI=1S/C12H29N3/c1-4-5-6-7-8-9-10-11-12-15(13-2)14-3/h13-14H,4-12H2,1-3H3. The van der Waals surface area contributed by atoms with Crippen molar-refractivity contribution in [3.05, 3.63) is 0 Å². The minimum atomic E-state index is 1.09. The first-order valence-corrected chi connectivity index (χ1v) is 6.47. The van der Waals surface area contributed by atoms with Crippen LogP contribution in [0.4, 0.5) is 0 Å². The number of rotatable bonds is 11.